The largest absolute Gasteiger partial charge is 0.450 e. The van der Waals surface area contributed by atoms with Crippen LogP contribution in [0.3, 0.4) is 0 Å². The van der Waals surface area contributed by atoms with Crippen molar-refractivity contribution in [3.8, 4) is 5.75 Å². The highest BCUT2D eigenvalue weighted by Crippen LogP contribution is 2.19. The summed E-state index contributed by atoms with van der Waals surface area (Å²) in [5.74, 6) is -1.39. The maximum atomic E-state index is 11.7. The molecule has 0 heterocycles. The fourth-order valence-corrected chi connectivity index (χ4v) is 1.38. The van der Waals surface area contributed by atoms with Crippen LogP contribution in [0, 0.1) is 0 Å². The molecule has 1 rings (SSSR count). The van der Waals surface area contributed by atoms with Crippen molar-refractivity contribution in [3.63, 3.8) is 0 Å². The monoisotopic (exact) mass is 276 g/mol. The van der Waals surface area contributed by atoms with Crippen molar-refractivity contribution in [2.45, 2.75) is 20.3 Å². The van der Waals surface area contributed by atoms with E-state index >= 15 is 0 Å². The van der Waals surface area contributed by atoms with Crippen molar-refractivity contribution in [1.82, 2.24) is 0 Å². The van der Waals surface area contributed by atoms with Gasteiger partial charge in [-0.1, -0.05) is 25.6 Å². The molecular formula is C15H16O5. The van der Waals surface area contributed by atoms with Crippen LogP contribution in [0.5, 0.6) is 5.75 Å². The predicted octanol–water partition coefficient (Wildman–Crippen LogP) is 2.30. The molecule has 1 aromatic carbocycles. The number of hydrogen-bond acceptors (Lipinski definition) is 5. The van der Waals surface area contributed by atoms with Crippen molar-refractivity contribution < 1.29 is 23.9 Å². The number of ether oxygens (including phenoxy) is 2. The molecule has 0 saturated heterocycles. The zero-order chi connectivity index (χ0) is 15.1. The van der Waals surface area contributed by atoms with Crippen LogP contribution in [0.2, 0.25) is 0 Å². The minimum absolute atomic E-state index is 0.132. The molecule has 0 atom stereocenters. The van der Waals surface area contributed by atoms with Crippen molar-refractivity contribution in [2.24, 2.45) is 0 Å². The Morgan fingerprint density at radius 1 is 1.20 bits per heavy atom. The van der Waals surface area contributed by atoms with E-state index in [1.807, 2.05) is 0 Å². The minimum atomic E-state index is -0.754. The standard InChI is InChI=1S/C15H16O5/c1-4-12(16)11-7-5-6-8-13(11)20-14(17)9-19-15(18)10(2)3/h5-8H,2,4,9H2,1,3H3. The molecule has 0 amide bonds. The molecule has 0 aliphatic carbocycles. The molecule has 1 aromatic rings. The van der Waals surface area contributed by atoms with Gasteiger partial charge in [0.25, 0.3) is 0 Å². The second-order valence-corrected chi connectivity index (χ2v) is 4.10. The molecule has 0 fully saturated rings. The predicted molar refractivity (Wildman–Crippen MR) is 72.5 cm³/mol. The van der Waals surface area contributed by atoms with Gasteiger partial charge in [-0.2, -0.15) is 0 Å². The molecule has 0 unspecified atom stereocenters. The van der Waals surface area contributed by atoms with Gasteiger partial charge >= 0.3 is 11.9 Å². The summed E-state index contributed by atoms with van der Waals surface area (Å²) >= 11 is 0. The zero-order valence-corrected chi connectivity index (χ0v) is 11.5. The first kappa shape index (κ1) is 15.6. The summed E-state index contributed by atoms with van der Waals surface area (Å²) in [7, 11) is 0. The fraction of sp³-hybridized carbons (Fsp3) is 0.267. The summed E-state index contributed by atoms with van der Waals surface area (Å²) in [4.78, 5) is 34.4. The van der Waals surface area contributed by atoms with E-state index in [0.717, 1.165) is 0 Å². The molecule has 5 nitrogen and oxygen atoms in total. The van der Waals surface area contributed by atoms with Crippen LogP contribution in [0.4, 0.5) is 0 Å². The van der Waals surface area contributed by atoms with E-state index < -0.39 is 18.5 Å². The molecule has 106 valence electrons. The second-order valence-electron chi connectivity index (χ2n) is 4.10. The smallest absolute Gasteiger partial charge is 0.349 e. The van der Waals surface area contributed by atoms with Gasteiger partial charge in [0.05, 0.1) is 5.56 Å². The van der Waals surface area contributed by atoms with Gasteiger partial charge in [0, 0.05) is 12.0 Å². The number of hydrogen-bond donors (Lipinski definition) is 0. The first-order valence-corrected chi connectivity index (χ1v) is 6.11. The highest BCUT2D eigenvalue weighted by Gasteiger charge is 2.15. The number of ketones is 1. The second kappa shape index (κ2) is 7.23. The Balaban J connectivity index is 2.69. The number of para-hydroxylation sites is 1. The van der Waals surface area contributed by atoms with Crippen LogP contribution < -0.4 is 4.74 Å². The Kier molecular flexibility index (Phi) is 5.65. The van der Waals surface area contributed by atoms with Crippen LogP contribution in [0.25, 0.3) is 0 Å². The van der Waals surface area contributed by atoms with E-state index in [1.165, 1.54) is 13.0 Å². The average molecular weight is 276 g/mol. The van der Waals surface area contributed by atoms with Crippen LogP contribution in [0.1, 0.15) is 30.6 Å². The molecule has 20 heavy (non-hydrogen) atoms. The van der Waals surface area contributed by atoms with Crippen molar-refractivity contribution >= 4 is 17.7 Å². The summed E-state index contributed by atoms with van der Waals surface area (Å²) in [5, 5.41) is 0. The molecule has 0 spiro atoms. The average Bonchev–Trinajstić information content (AvgIpc) is 2.44. The topological polar surface area (TPSA) is 69.7 Å². The number of Topliss-reactive ketones (excluding diaryl/α,β-unsaturated/α-hetero) is 1. The highest BCUT2D eigenvalue weighted by molar-refractivity contribution is 5.99. The van der Waals surface area contributed by atoms with E-state index in [9.17, 15) is 14.4 Å². The maximum absolute atomic E-state index is 11.7. The zero-order valence-electron chi connectivity index (χ0n) is 11.5. The Morgan fingerprint density at radius 2 is 1.85 bits per heavy atom. The minimum Gasteiger partial charge on any atom is -0.450 e. The van der Waals surface area contributed by atoms with Crippen molar-refractivity contribution in [1.29, 1.82) is 0 Å². The molecule has 0 bridgehead atoms. The van der Waals surface area contributed by atoms with Gasteiger partial charge in [-0.3, -0.25) is 4.79 Å². The van der Waals surface area contributed by atoms with E-state index in [-0.39, 0.29) is 17.1 Å². The van der Waals surface area contributed by atoms with Crippen LogP contribution in [-0.2, 0) is 14.3 Å². The molecule has 0 aromatic heterocycles. The summed E-state index contributed by atoms with van der Waals surface area (Å²) < 4.78 is 9.70. The summed E-state index contributed by atoms with van der Waals surface area (Å²) in [6.07, 6.45) is 0.305. The molecule has 0 saturated carbocycles. The Hall–Kier alpha value is -2.43. The lowest BCUT2D eigenvalue weighted by Gasteiger charge is -2.09. The third kappa shape index (κ3) is 4.35. The lowest BCUT2D eigenvalue weighted by atomic mass is 10.1. The number of benzene rings is 1. The quantitative estimate of drug-likeness (QED) is 0.345. The highest BCUT2D eigenvalue weighted by atomic mass is 16.6. The van der Waals surface area contributed by atoms with Crippen molar-refractivity contribution in [3.05, 3.63) is 42.0 Å². The number of carbonyl (C=O) groups is 3. The third-order valence-electron chi connectivity index (χ3n) is 2.40. The molecular weight excluding hydrogens is 260 g/mol. The van der Waals surface area contributed by atoms with E-state index in [1.54, 1.807) is 25.1 Å². The SMILES string of the molecule is C=C(C)C(=O)OCC(=O)Oc1ccccc1C(=O)CC. The first-order valence-electron chi connectivity index (χ1n) is 6.11. The molecule has 0 aliphatic rings. The van der Waals surface area contributed by atoms with E-state index in [0.29, 0.717) is 12.0 Å². The van der Waals surface area contributed by atoms with E-state index in [4.69, 9.17) is 4.74 Å². The third-order valence-corrected chi connectivity index (χ3v) is 2.40. The lowest BCUT2D eigenvalue weighted by molar-refractivity contribution is -0.150. The molecule has 0 N–H and O–H groups in total. The van der Waals surface area contributed by atoms with Gasteiger partial charge in [-0.15, -0.1) is 0 Å². The molecule has 0 aliphatic heterocycles. The van der Waals surface area contributed by atoms with Gasteiger partial charge in [0.15, 0.2) is 12.4 Å². The first-order chi connectivity index (χ1) is 9.45. The Labute approximate surface area is 117 Å². The van der Waals surface area contributed by atoms with Gasteiger partial charge < -0.3 is 9.47 Å². The van der Waals surface area contributed by atoms with Gasteiger partial charge in [-0.05, 0) is 19.1 Å². The number of carbonyl (C=O) groups excluding carboxylic acids is 3. The molecule has 0 radical (unpaired) electrons. The van der Waals surface area contributed by atoms with Crippen LogP contribution in [-0.4, -0.2) is 24.3 Å². The summed E-state index contributed by atoms with van der Waals surface area (Å²) in [6.45, 7) is 6.06. The van der Waals surface area contributed by atoms with Gasteiger partial charge in [-0.25, -0.2) is 9.59 Å². The maximum Gasteiger partial charge on any atom is 0.349 e. The van der Waals surface area contributed by atoms with Crippen LogP contribution in [0.15, 0.2) is 36.4 Å². The van der Waals surface area contributed by atoms with Gasteiger partial charge in [0.1, 0.15) is 5.75 Å². The summed E-state index contributed by atoms with van der Waals surface area (Å²) in [5.41, 5.74) is 0.522. The normalized spacial score (nSPS) is 9.70. The Bertz CT molecular complexity index is 545. The number of rotatable bonds is 6. The number of esters is 2. The Morgan fingerprint density at radius 3 is 2.45 bits per heavy atom. The van der Waals surface area contributed by atoms with Crippen LogP contribution >= 0.6 is 0 Å². The van der Waals surface area contributed by atoms with E-state index in [2.05, 4.69) is 11.3 Å². The van der Waals surface area contributed by atoms with Crippen molar-refractivity contribution in [2.75, 3.05) is 6.61 Å². The van der Waals surface area contributed by atoms with Gasteiger partial charge in [0.2, 0.25) is 0 Å². The molecule has 5 heteroatoms. The fourth-order valence-electron chi connectivity index (χ4n) is 1.38. The summed E-state index contributed by atoms with van der Waals surface area (Å²) in [6, 6.07) is 6.42. The lowest BCUT2D eigenvalue weighted by Crippen LogP contribution is -2.20.